The van der Waals surface area contributed by atoms with Crippen LogP contribution < -0.4 is 16.2 Å². The molecular formula is C12H19N3O3S. The third-order valence-corrected chi connectivity index (χ3v) is 4.05. The van der Waals surface area contributed by atoms with Crippen LogP contribution >= 0.6 is 0 Å². The van der Waals surface area contributed by atoms with Gasteiger partial charge < -0.3 is 11.1 Å². The summed E-state index contributed by atoms with van der Waals surface area (Å²) in [4.78, 5) is 11.9. The molecule has 6 nitrogen and oxygen atoms in total. The molecule has 0 aromatic heterocycles. The number of carbonyl (C=O) groups is 1. The molecule has 0 saturated carbocycles. The van der Waals surface area contributed by atoms with Gasteiger partial charge in [-0.15, -0.1) is 0 Å². The largest absolute Gasteiger partial charge is 0.330 e. The molecular weight excluding hydrogens is 266 g/mol. The van der Waals surface area contributed by atoms with Gasteiger partial charge in [0.2, 0.25) is 15.9 Å². The second-order valence-corrected chi connectivity index (χ2v) is 5.83. The predicted octanol–water partition coefficient (Wildman–Crippen LogP) is 0.566. The molecule has 19 heavy (non-hydrogen) atoms. The molecule has 0 aliphatic heterocycles. The zero-order chi connectivity index (χ0) is 14.6. The SMILES string of the molecule is CCC(CN)C(=O)Nc1cccc(S(N)(=O)=O)c1C. The summed E-state index contributed by atoms with van der Waals surface area (Å²) < 4.78 is 22.8. The van der Waals surface area contributed by atoms with Crippen LogP contribution in [0.3, 0.4) is 0 Å². The number of amides is 1. The van der Waals surface area contributed by atoms with E-state index in [1.165, 1.54) is 12.1 Å². The first kappa shape index (κ1) is 15.6. The van der Waals surface area contributed by atoms with Gasteiger partial charge in [-0.25, -0.2) is 13.6 Å². The third kappa shape index (κ3) is 3.76. The number of nitrogens with one attached hydrogen (secondary N) is 1. The van der Waals surface area contributed by atoms with Crippen LogP contribution in [0.2, 0.25) is 0 Å². The van der Waals surface area contributed by atoms with Crippen LogP contribution in [0.1, 0.15) is 18.9 Å². The summed E-state index contributed by atoms with van der Waals surface area (Å²) in [5.74, 6) is -0.516. The fourth-order valence-corrected chi connectivity index (χ4v) is 2.56. The van der Waals surface area contributed by atoms with E-state index in [-0.39, 0.29) is 23.3 Å². The van der Waals surface area contributed by atoms with E-state index in [1.54, 1.807) is 13.0 Å². The minimum Gasteiger partial charge on any atom is -0.330 e. The number of nitrogens with two attached hydrogens (primary N) is 2. The molecule has 0 aliphatic carbocycles. The maximum Gasteiger partial charge on any atom is 0.238 e. The Morgan fingerprint density at radius 2 is 2.05 bits per heavy atom. The molecule has 0 radical (unpaired) electrons. The van der Waals surface area contributed by atoms with Crippen molar-refractivity contribution < 1.29 is 13.2 Å². The van der Waals surface area contributed by atoms with E-state index in [4.69, 9.17) is 10.9 Å². The van der Waals surface area contributed by atoms with Crippen molar-refractivity contribution in [2.24, 2.45) is 16.8 Å². The molecule has 1 aromatic carbocycles. The number of anilines is 1. The smallest absolute Gasteiger partial charge is 0.238 e. The van der Waals surface area contributed by atoms with Crippen LogP contribution in [0.25, 0.3) is 0 Å². The molecule has 0 bridgehead atoms. The molecule has 0 fully saturated rings. The molecule has 0 aliphatic rings. The average molecular weight is 285 g/mol. The fourth-order valence-electron chi connectivity index (χ4n) is 1.75. The first-order valence-electron chi connectivity index (χ1n) is 5.94. The standard InChI is InChI=1S/C12H19N3O3S/c1-3-9(7-13)12(16)15-10-5-4-6-11(8(10)2)19(14,17)18/h4-6,9H,3,7,13H2,1-2H3,(H,15,16)(H2,14,17,18). The van der Waals surface area contributed by atoms with Crippen molar-refractivity contribution >= 4 is 21.6 Å². The monoisotopic (exact) mass is 285 g/mol. The number of rotatable bonds is 5. The van der Waals surface area contributed by atoms with E-state index >= 15 is 0 Å². The predicted molar refractivity (Wildman–Crippen MR) is 74.0 cm³/mol. The van der Waals surface area contributed by atoms with Crippen molar-refractivity contribution in [2.45, 2.75) is 25.2 Å². The number of primary sulfonamides is 1. The highest BCUT2D eigenvalue weighted by atomic mass is 32.2. The van der Waals surface area contributed by atoms with Crippen LogP contribution in [0.4, 0.5) is 5.69 Å². The van der Waals surface area contributed by atoms with E-state index in [9.17, 15) is 13.2 Å². The second-order valence-electron chi connectivity index (χ2n) is 4.30. The van der Waals surface area contributed by atoms with E-state index < -0.39 is 10.0 Å². The Kier molecular flexibility index (Phi) is 5.04. The van der Waals surface area contributed by atoms with Crippen molar-refractivity contribution in [1.82, 2.24) is 0 Å². The molecule has 5 N–H and O–H groups in total. The van der Waals surface area contributed by atoms with Gasteiger partial charge in [0.1, 0.15) is 0 Å². The second kappa shape index (κ2) is 6.14. The molecule has 7 heteroatoms. The normalized spacial score (nSPS) is 13.1. The third-order valence-electron chi connectivity index (χ3n) is 3.00. The Balaban J connectivity index is 3.07. The first-order valence-corrected chi connectivity index (χ1v) is 7.49. The zero-order valence-electron chi connectivity index (χ0n) is 11.0. The molecule has 1 rings (SSSR count). The fraction of sp³-hybridized carbons (Fsp3) is 0.417. The van der Waals surface area contributed by atoms with E-state index in [0.717, 1.165) is 0 Å². The minimum atomic E-state index is -3.80. The van der Waals surface area contributed by atoms with Gasteiger partial charge in [-0.1, -0.05) is 13.0 Å². The molecule has 1 aromatic rings. The number of benzene rings is 1. The highest BCUT2D eigenvalue weighted by Gasteiger charge is 2.18. The Morgan fingerprint density at radius 3 is 2.53 bits per heavy atom. The van der Waals surface area contributed by atoms with Crippen LogP contribution in [-0.4, -0.2) is 20.9 Å². The van der Waals surface area contributed by atoms with Gasteiger partial charge in [-0.05, 0) is 31.0 Å². The number of hydrogen-bond donors (Lipinski definition) is 3. The summed E-state index contributed by atoms with van der Waals surface area (Å²) >= 11 is 0. The number of carbonyl (C=O) groups excluding carboxylic acids is 1. The quantitative estimate of drug-likeness (QED) is 0.733. The summed E-state index contributed by atoms with van der Waals surface area (Å²) in [5.41, 5.74) is 6.35. The summed E-state index contributed by atoms with van der Waals surface area (Å²) in [6.07, 6.45) is 0.621. The van der Waals surface area contributed by atoms with Crippen LogP contribution in [0, 0.1) is 12.8 Å². The number of hydrogen-bond acceptors (Lipinski definition) is 4. The van der Waals surface area contributed by atoms with E-state index in [0.29, 0.717) is 17.7 Å². The maximum absolute atomic E-state index is 11.9. The van der Waals surface area contributed by atoms with Gasteiger partial charge >= 0.3 is 0 Å². The molecule has 0 heterocycles. The summed E-state index contributed by atoms with van der Waals surface area (Å²) in [5, 5.41) is 7.79. The number of sulfonamides is 1. The first-order chi connectivity index (χ1) is 8.81. The highest BCUT2D eigenvalue weighted by Crippen LogP contribution is 2.22. The van der Waals surface area contributed by atoms with Gasteiger partial charge in [0.25, 0.3) is 0 Å². The molecule has 0 spiro atoms. The lowest BCUT2D eigenvalue weighted by Crippen LogP contribution is -2.29. The van der Waals surface area contributed by atoms with Crippen molar-refractivity contribution in [3.63, 3.8) is 0 Å². The lowest BCUT2D eigenvalue weighted by atomic mass is 10.1. The van der Waals surface area contributed by atoms with Crippen molar-refractivity contribution in [3.8, 4) is 0 Å². The molecule has 1 atom stereocenters. The Labute approximate surface area is 113 Å². The highest BCUT2D eigenvalue weighted by molar-refractivity contribution is 7.89. The van der Waals surface area contributed by atoms with Crippen molar-refractivity contribution in [2.75, 3.05) is 11.9 Å². The van der Waals surface area contributed by atoms with Gasteiger partial charge in [0, 0.05) is 12.2 Å². The molecule has 106 valence electrons. The Bertz CT molecular complexity index is 566. The van der Waals surface area contributed by atoms with E-state index in [1.807, 2.05) is 6.92 Å². The van der Waals surface area contributed by atoms with Gasteiger partial charge in [0.05, 0.1) is 10.8 Å². The Morgan fingerprint density at radius 1 is 1.42 bits per heavy atom. The minimum absolute atomic E-state index is 0.00565. The van der Waals surface area contributed by atoms with Gasteiger partial charge in [0.15, 0.2) is 0 Å². The zero-order valence-corrected chi connectivity index (χ0v) is 11.8. The molecule has 1 amide bonds. The van der Waals surface area contributed by atoms with Gasteiger partial charge in [-0.2, -0.15) is 0 Å². The summed E-state index contributed by atoms with van der Waals surface area (Å²) in [6.45, 7) is 3.71. The molecule has 0 saturated heterocycles. The Hall–Kier alpha value is -1.44. The van der Waals surface area contributed by atoms with Crippen LogP contribution in [0.15, 0.2) is 23.1 Å². The maximum atomic E-state index is 11.9. The summed E-state index contributed by atoms with van der Waals surface area (Å²) in [7, 11) is -3.80. The summed E-state index contributed by atoms with van der Waals surface area (Å²) in [6, 6.07) is 4.57. The van der Waals surface area contributed by atoms with E-state index in [2.05, 4.69) is 5.32 Å². The topological polar surface area (TPSA) is 115 Å². The molecule has 1 unspecified atom stereocenters. The van der Waals surface area contributed by atoms with Crippen LogP contribution in [-0.2, 0) is 14.8 Å². The van der Waals surface area contributed by atoms with Gasteiger partial charge in [-0.3, -0.25) is 4.79 Å². The lowest BCUT2D eigenvalue weighted by molar-refractivity contribution is -0.119. The lowest BCUT2D eigenvalue weighted by Gasteiger charge is -2.15. The van der Waals surface area contributed by atoms with Crippen molar-refractivity contribution in [3.05, 3.63) is 23.8 Å². The van der Waals surface area contributed by atoms with Crippen molar-refractivity contribution in [1.29, 1.82) is 0 Å². The van der Waals surface area contributed by atoms with Crippen LogP contribution in [0.5, 0.6) is 0 Å². The average Bonchev–Trinajstić information content (AvgIpc) is 2.32.